The van der Waals surface area contributed by atoms with Crippen LogP contribution in [-0.2, 0) is 27.3 Å². The molecule has 1 saturated heterocycles. The minimum absolute atomic E-state index is 0.0451. The Morgan fingerprint density at radius 3 is 2.30 bits per heavy atom. The first-order valence-electron chi connectivity index (χ1n) is 11.2. The maximum Gasteiger partial charge on any atom is 0.151 e. The fourth-order valence-electron chi connectivity index (χ4n) is 2.83. The number of aliphatic hydroxyl groups is 1. The molecule has 0 radical (unpaired) electrons. The summed E-state index contributed by atoms with van der Waals surface area (Å²) >= 11 is 16.3. The molecule has 0 saturated carbocycles. The summed E-state index contributed by atoms with van der Waals surface area (Å²) in [5, 5.41) is 8.60. The predicted octanol–water partition coefficient (Wildman–Crippen LogP) is 5.26. The molecule has 2 aliphatic heterocycles. The summed E-state index contributed by atoms with van der Waals surface area (Å²) in [6.45, 7) is 4.56. The largest absolute Gasteiger partial charge is 0.397 e. The molecule has 0 bridgehead atoms. The van der Waals surface area contributed by atoms with Gasteiger partial charge in [0, 0.05) is 64.3 Å². The van der Waals surface area contributed by atoms with Gasteiger partial charge in [-0.15, -0.1) is 11.3 Å². The van der Waals surface area contributed by atoms with Crippen molar-refractivity contribution in [2.75, 3.05) is 26.4 Å². The van der Waals surface area contributed by atoms with Gasteiger partial charge < -0.3 is 20.3 Å². The number of rotatable bonds is 2. The molecular formula is C24H27Br3N4O4S2. The molecule has 1 fully saturated rings. The van der Waals surface area contributed by atoms with Crippen LogP contribution in [0.15, 0.2) is 45.9 Å². The summed E-state index contributed by atoms with van der Waals surface area (Å²) in [5.74, 6) is 0.260. The molecule has 3 aromatic heterocycles. The molecule has 8 nitrogen and oxygen atoms in total. The molecule has 1 unspecified atom stereocenters. The first-order valence-corrected chi connectivity index (χ1v) is 14.9. The fourth-order valence-corrected chi connectivity index (χ4v) is 5.12. The number of alkyl halides is 1. The number of halogens is 3. The first kappa shape index (κ1) is 32.0. The second-order valence-corrected chi connectivity index (χ2v) is 11.9. The number of thiazole rings is 1. The SMILES string of the molecule is Brc1cncc(-c2nc3c(s2)COCC3)c1.CCO.NC(=S)c1cncc(Br)c1.O=C1CCOCC1Br. The summed E-state index contributed by atoms with van der Waals surface area (Å²) in [7, 11) is 0. The molecule has 13 heteroatoms. The number of ketones is 1. The van der Waals surface area contributed by atoms with Crippen LogP contribution in [0.2, 0.25) is 0 Å². The highest BCUT2D eigenvalue weighted by Gasteiger charge is 2.19. The molecule has 3 N–H and O–H groups in total. The van der Waals surface area contributed by atoms with Crippen molar-refractivity contribution >= 4 is 82.1 Å². The summed E-state index contributed by atoms with van der Waals surface area (Å²) < 4.78 is 12.3. The molecule has 3 aromatic rings. The number of nitrogens with zero attached hydrogens (tertiary/aromatic N) is 3. The Balaban J connectivity index is 0.000000198. The van der Waals surface area contributed by atoms with Crippen molar-refractivity contribution in [1.29, 1.82) is 0 Å². The van der Waals surface area contributed by atoms with E-state index < -0.39 is 0 Å². The Kier molecular flexibility index (Phi) is 15.1. The number of hydrogen-bond donors (Lipinski definition) is 2. The monoisotopic (exact) mass is 736 g/mol. The third-order valence-electron chi connectivity index (χ3n) is 4.54. The standard InChI is InChI=1S/C11H9BrN2OS.C6H5BrN2S.C5H7BrO2.C2H6O/c12-8-3-7(4-13-5-8)11-14-9-1-2-15-6-10(9)16-11;7-5-1-4(6(8)10)2-9-3-5;6-4-3-8-2-1-5(4)7;1-2-3/h3-5H,1-2,6H2;1-3H,(H2,8,10);4H,1-3H2;3H,2H2,1H3. The van der Waals surface area contributed by atoms with E-state index in [1.807, 2.05) is 18.3 Å². The van der Waals surface area contributed by atoms with Gasteiger partial charge >= 0.3 is 0 Å². The number of nitrogens with two attached hydrogens (primary N) is 1. The lowest BCUT2D eigenvalue weighted by Gasteiger charge is -2.14. The van der Waals surface area contributed by atoms with Crippen molar-refractivity contribution in [1.82, 2.24) is 15.0 Å². The Labute approximate surface area is 250 Å². The zero-order valence-corrected chi connectivity index (χ0v) is 26.4. The highest BCUT2D eigenvalue weighted by molar-refractivity contribution is 9.10. The maximum atomic E-state index is 10.7. The van der Waals surface area contributed by atoms with Gasteiger partial charge in [-0.3, -0.25) is 14.8 Å². The number of carbonyl (C=O) groups is 1. The number of hydrogen-bond acceptors (Lipinski definition) is 9. The van der Waals surface area contributed by atoms with Gasteiger partial charge in [0.15, 0.2) is 5.78 Å². The summed E-state index contributed by atoms with van der Waals surface area (Å²) in [6.07, 6.45) is 8.42. The summed E-state index contributed by atoms with van der Waals surface area (Å²) in [6, 6.07) is 3.87. The average Bonchev–Trinajstić information content (AvgIpc) is 3.32. The third kappa shape index (κ3) is 11.6. The van der Waals surface area contributed by atoms with Crippen LogP contribution in [-0.4, -0.2) is 62.1 Å². The number of aromatic nitrogens is 3. The van der Waals surface area contributed by atoms with Crippen molar-refractivity contribution in [3.63, 3.8) is 0 Å². The highest BCUT2D eigenvalue weighted by Crippen LogP contribution is 2.31. The Morgan fingerprint density at radius 1 is 1.14 bits per heavy atom. The van der Waals surface area contributed by atoms with E-state index in [0.717, 1.165) is 38.1 Å². The van der Waals surface area contributed by atoms with Gasteiger partial charge in [-0.25, -0.2) is 4.98 Å². The number of Topliss-reactive ketones (excluding diaryl/α,β-unsaturated/α-hetero) is 1. The number of fused-ring (bicyclic) bond motifs is 1. The van der Waals surface area contributed by atoms with Gasteiger partial charge in [-0.2, -0.15) is 0 Å². The van der Waals surface area contributed by atoms with Crippen LogP contribution in [0.3, 0.4) is 0 Å². The van der Waals surface area contributed by atoms with Crippen LogP contribution < -0.4 is 5.73 Å². The van der Waals surface area contributed by atoms with E-state index in [1.54, 1.807) is 36.9 Å². The molecular weight excluding hydrogens is 712 g/mol. The van der Waals surface area contributed by atoms with Crippen LogP contribution in [0.4, 0.5) is 0 Å². The maximum absolute atomic E-state index is 10.7. The van der Waals surface area contributed by atoms with Crippen LogP contribution in [0.1, 0.15) is 29.5 Å². The van der Waals surface area contributed by atoms with E-state index in [9.17, 15) is 4.79 Å². The van der Waals surface area contributed by atoms with E-state index in [1.165, 1.54) is 10.6 Å². The lowest BCUT2D eigenvalue weighted by Crippen LogP contribution is -2.27. The molecule has 1 atom stereocenters. The van der Waals surface area contributed by atoms with E-state index in [2.05, 4.69) is 62.7 Å². The van der Waals surface area contributed by atoms with Gasteiger partial charge in [0.1, 0.15) is 10.00 Å². The average molecular weight is 739 g/mol. The van der Waals surface area contributed by atoms with Gasteiger partial charge in [0.25, 0.3) is 0 Å². The lowest BCUT2D eigenvalue weighted by molar-refractivity contribution is -0.123. The summed E-state index contributed by atoms with van der Waals surface area (Å²) in [4.78, 5) is 24.9. The van der Waals surface area contributed by atoms with Crippen molar-refractivity contribution in [3.8, 4) is 10.6 Å². The zero-order valence-electron chi connectivity index (χ0n) is 20.0. The normalized spacial score (nSPS) is 16.0. The van der Waals surface area contributed by atoms with E-state index >= 15 is 0 Å². The molecule has 2 aliphatic rings. The molecule has 200 valence electrons. The molecule has 0 aliphatic carbocycles. The number of thiocarbonyl (C=S) groups is 1. The molecule has 5 heterocycles. The van der Waals surface area contributed by atoms with Crippen molar-refractivity contribution in [3.05, 3.63) is 62.0 Å². The molecule has 0 aromatic carbocycles. The molecule has 0 amide bonds. The Morgan fingerprint density at radius 2 is 1.78 bits per heavy atom. The van der Waals surface area contributed by atoms with E-state index in [0.29, 0.717) is 31.2 Å². The first-order chi connectivity index (χ1) is 17.7. The number of pyridine rings is 2. The minimum Gasteiger partial charge on any atom is -0.397 e. The number of aliphatic hydroxyl groups excluding tert-OH is 1. The Hall–Kier alpha value is -1.19. The molecule has 5 rings (SSSR count). The quantitative estimate of drug-likeness (QED) is 0.268. The van der Waals surface area contributed by atoms with E-state index in [-0.39, 0.29) is 17.2 Å². The molecule has 0 spiro atoms. The minimum atomic E-state index is -0.0451. The molecule has 37 heavy (non-hydrogen) atoms. The zero-order chi connectivity index (χ0) is 27.2. The van der Waals surface area contributed by atoms with Gasteiger partial charge in [-0.1, -0.05) is 28.1 Å². The number of ether oxygens (including phenoxy) is 2. The van der Waals surface area contributed by atoms with Crippen LogP contribution in [0.25, 0.3) is 10.6 Å². The fraction of sp³-hybridized carbons (Fsp3) is 0.375. The van der Waals surface area contributed by atoms with Crippen LogP contribution >= 0.6 is 71.3 Å². The predicted molar refractivity (Wildman–Crippen MR) is 160 cm³/mol. The van der Waals surface area contributed by atoms with Crippen molar-refractivity contribution in [2.45, 2.75) is 31.2 Å². The highest BCUT2D eigenvalue weighted by atomic mass is 79.9. The number of carbonyl (C=O) groups excluding carboxylic acids is 1. The van der Waals surface area contributed by atoms with E-state index in [4.69, 9.17) is 32.5 Å². The lowest BCUT2D eigenvalue weighted by atomic mass is 10.2. The topological polar surface area (TPSA) is 120 Å². The van der Waals surface area contributed by atoms with Gasteiger partial charge in [0.2, 0.25) is 0 Å². The van der Waals surface area contributed by atoms with Crippen molar-refractivity contribution in [2.24, 2.45) is 5.73 Å². The van der Waals surface area contributed by atoms with Crippen LogP contribution in [0, 0.1) is 0 Å². The van der Waals surface area contributed by atoms with Gasteiger partial charge in [-0.05, 0) is 50.9 Å². The Bertz CT molecular complexity index is 1140. The second-order valence-electron chi connectivity index (χ2n) is 7.41. The van der Waals surface area contributed by atoms with Crippen molar-refractivity contribution < 1.29 is 19.4 Å². The smallest absolute Gasteiger partial charge is 0.151 e. The van der Waals surface area contributed by atoms with Gasteiger partial charge in [0.05, 0.1) is 41.8 Å². The van der Waals surface area contributed by atoms with Crippen LogP contribution in [0.5, 0.6) is 0 Å². The second kappa shape index (κ2) is 17.4. The third-order valence-corrected chi connectivity index (χ3v) is 7.54. The summed E-state index contributed by atoms with van der Waals surface area (Å²) in [5.41, 5.74) is 8.39.